The van der Waals surface area contributed by atoms with Crippen LogP contribution in [0, 0.1) is 0 Å². The highest BCUT2D eigenvalue weighted by atomic mass is 35.5. The number of halogens is 1. The molecule has 3 N–H and O–H groups in total. The molecular weight excluding hydrogens is 182 g/mol. The lowest BCUT2D eigenvalue weighted by Gasteiger charge is -2.01. The SMILES string of the molecule is O/N=C/c1c(O)ccc(O)c1Cl. The van der Waals surface area contributed by atoms with Crippen molar-refractivity contribution in [2.75, 3.05) is 0 Å². The number of oxime groups is 1. The molecule has 12 heavy (non-hydrogen) atoms. The maximum atomic E-state index is 9.15. The molecule has 64 valence electrons. The fourth-order valence-electron chi connectivity index (χ4n) is 0.752. The summed E-state index contributed by atoms with van der Waals surface area (Å²) in [5.74, 6) is -0.333. The molecule has 0 fully saturated rings. The standard InChI is InChI=1S/C7H6ClNO3/c8-7-4(3-9-12)5(10)1-2-6(7)11/h1-3,10-12H/b9-3+. The average molecular weight is 188 g/mol. The normalized spacial score (nSPS) is 10.8. The van der Waals surface area contributed by atoms with E-state index in [-0.39, 0.29) is 22.1 Å². The predicted molar refractivity (Wildman–Crippen MR) is 44.2 cm³/mol. The molecule has 0 heterocycles. The summed E-state index contributed by atoms with van der Waals surface area (Å²) >= 11 is 5.56. The fourth-order valence-corrected chi connectivity index (χ4v) is 0.960. The fraction of sp³-hybridized carbons (Fsp3) is 0. The quantitative estimate of drug-likeness (QED) is 0.270. The van der Waals surface area contributed by atoms with Gasteiger partial charge in [-0.25, -0.2) is 0 Å². The van der Waals surface area contributed by atoms with Crippen molar-refractivity contribution in [3.8, 4) is 11.5 Å². The number of aromatic hydroxyl groups is 2. The highest BCUT2D eigenvalue weighted by Crippen LogP contribution is 2.31. The Bertz CT molecular complexity index is 325. The molecule has 0 amide bonds. The summed E-state index contributed by atoms with van der Waals surface area (Å²) in [6.45, 7) is 0. The van der Waals surface area contributed by atoms with Crippen molar-refractivity contribution in [2.24, 2.45) is 5.16 Å². The van der Waals surface area contributed by atoms with Gasteiger partial charge >= 0.3 is 0 Å². The maximum Gasteiger partial charge on any atom is 0.135 e. The third-order valence-corrected chi connectivity index (χ3v) is 1.72. The van der Waals surface area contributed by atoms with Crippen molar-refractivity contribution in [2.45, 2.75) is 0 Å². The summed E-state index contributed by atoms with van der Waals surface area (Å²) in [5, 5.41) is 29.0. The molecule has 0 radical (unpaired) electrons. The second kappa shape index (κ2) is 3.32. The Morgan fingerprint density at radius 2 is 1.83 bits per heavy atom. The summed E-state index contributed by atoms with van der Waals surface area (Å²) in [6, 6.07) is 2.49. The van der Waals surface area contributed by atoms with E-state index in [0.29, 0.717) is 0 Å². The molecule has 1 aromatic rings. The molecular formula is C7H6ClNO3. The van der Waals surface area contributed by atoms with E-state index in [2.05, 4.69) is 5.16 Å². The summed E-state index contributed by atoms with van der Waals surface area (Å²) < 4.78 is 0. The van der Waals surface area contributed by atoms with Gasteiger partial charge in [-0.3, -0.25) is 0 Å². The van der Waals surface area contributed by atoms with Gasteiger partial charge in [-0.15, -0.1) is 0 Å². The molecule has 0 aromatic heterocycles. The molecule has 1 rings (SSSR count). The Labute approximate surface area is 73.3 Å². The van der Waals surface area contributed by atoms with E-state index < -0.39 is 0 Å². The molecule has 0 atom stereocenters. The van der Waals surface area contributed by atoms with Crippen molar-refractivity contribution in [1.82, 2.24) is 0 Å². The molecule has 0 bridgehead atoms. The molecule has 0 saturated carbocycles. The Balaban J connectivity index is 3.32. The zero-order valence-corrected chi connectivity index (χ0v) is 6.65. The van der Waals surface area contributed by atoms with E-state index in [4.69, 9.17) is 27.0 Å². The number of rotatable bonds is 1. The summed E-state index contributed by atoms with van der Waals surface area (Å²) in [5.41, 5.74) is 0.0826. The van der Waals surface area contributed by atoms with Crippen LogP contribution >= 0.6 is 11.6 Å². The number of nitrogens with zero attached hydrogens (tertiary/aromatic N) is 1. The van der Waals surface area contributed by atoms with Crippen LogP contribution in [0.15, 0.2) is 17.3 Å². The van der Waals surface area contributed by atoms with E-state index in [1.165, 1.54) is 12.1 Å². The van der Waals surface area contributed by atoms with Gasteiger partial charge in [-0.1, -0.05) is 16.8 Å². The van der Waals surface area contributed by atoms with Gasteiger partial charge in [-0.05, 0) is 12.1 Å². The molecule has 0 spiro atoms. The van der Waals surface area contributed by atoms with E-state index in [0.717, 1.165) is 6.21 Å². The lowest BCUT2D eigenvalue weighted by Crippen LogP contribution is -1.84. The van der Waals surface area contributed by atoms with Crippen LogP contribution in [0.5, 0.6) is 11.5 Å². The van der Waals surface area contributed by atoms with Crippen LogP contribution < -0.4 is 0 Å². The van der Waals surface area contributed by atoms with Crippen LogP contribution in [-0.4, -0.2) is 21.6 Å². The lowest BCUT2D eigenvalue weighted by atomic mass is 10.2. The second-order valence-electron chi connectivity index (χ2n) is 2.08. The van der Waals surface area contributed by atoms with Crippen LogP contribution in [0.4, 0.5) is 0 Å². The van der Waals surface area contributed by atoms with E-state index in [1.54, 1.807) is 0 Å². The molecule has 0 unspecified atom stereocenters. The van der Waals surface area contributed by atoms with Gasteiger partial charge in [0.25, 0.3) is 0 Å². The van der Waals surface area contributed by atoms with Crippen molar-refractivity contribution in [1.29, 1.82) is 0 Å². The zero-order valence-electron chi connectivity index (χ0n) is 5.90. The van der Waals surface area contributed by atoms with Crippen molar-refractivity contribution in [3.63, 3.8) is 0 Å². The first-order chi connectivity index (χ1) is 5.66. The van der Waals surface area contributed by atoms with Crippen molar-refractivity contribution in [3.05, 3.63) is 22.7 Å². The first-order valence-corrected chi connectivity index (χ1v) is 3.42. The molecule has 0 saturated heterocycles. The first kappa shape index (κ1) is 8.67. The third-order valence-electron chi connectivity index (χ3n) is 1.32. The number of hydrogen-bond donors (Lipinski definition) is 3. The van der Waals surface area contributed by atoms with Gasteiger partial charge in [0.2, 0.25) is 0 Å². The van der Waals surface area contributed by atoms with Gasteiger partial charge in [0.05, 0.1) is 16.8 Å². The number of phenolic OH excluding ortho intramolecular Hbond substituents is 2. The predicted octanol–water partition coefficient (Wildman–Crippen LogP) is 1.56. The minimum atomic E-state index is -0.177. The van der Waals surface area contributed by atoms with E-state index >= 15 is 0 Å². The van der Waals surface area contributed by atoms with E-state index in [1.807, 2.05) is 0 Å². The molecule has 0 aliphatic rings. The van der Waals surface area contributed by atoms with Crippen molar-refractivity contribution >= 4 is 17.8 Å². The Hall–Kier alpha value is -1.42. The van der Waals surface area contributed by atoms with Gasteiger partial charge in [0.1, 0.15) is 11.5 Å². The molecule has 1 aromatic carbocycles. The highest BCUT2D eigenvalue weighted by molar-refractivity contribution is 6.34. The van der Waals surface area contributed by atoms with Gasteiger partial charge < -0.3 is 15.4 Å². The maximum absolute atomic E-state index is 9.15. The second-order valence-corrected chi connectivity index (χ2v) is 2.45. The Morgan fingerprint density at radius 3 is 2.42 bits per heavy atom. The van der Waals surface area contributed by atoms with Gasteiger partial charge in [0.15, 0.2) is 0 Å². The summed E-state index contributed by atoms with van der Waals surface area (Å²) in [6.07, 6.45) is 0.942. The lowest BCUT2D eigenvalue weighted by molar-refractivity contribution is 0.321. The Morgan fingerprint density at radius 1 is 1.25 bits per heavy atom. The van der Waals surface area contributed by atoms with Crippen LogP contribution in [0.1, 0.15) is 5.56 Å². The third kappa shape index (κ3) is 1.43. The summed E-state index contributed by atoms with van der Waals surface area (Å²) in [4.78, 5) is 0. The topological polar surface area (TPSA) is 73.1 Å². The minimum absolute atomic E-state index is 0.0483. The smallest absolute Gasteiger partial charge is 0.135 e. The van der Waals surface area contributed by atoms with Gasteiger partial charge in [0, 0.05) is 0 Å². The summed E-state index contributed by atoms with van der Waals surface area (Å²) in [7, 11) is 0. The van der Waals surface area contributed by atoms with Crippen LogP contribution in [0.25, 0.3) is 0 Å². The zero-order chi connectivity index (χ0) is 9.14. The monoisotopic (exact) mass is 187 g/mol. The van der Waals surface area contributed by atoms with Crippen molar-refractivity contribution < 1.29 is 15.4 Å². The van der Waals surface area contributed by atoms with E-state index in [9.17, 15) is 0 Å². The highest BCUT2D eigenvalue weighted by Gasteiger charge is 2.08. The largest absolute Gasteiger partial charge is 0.507 e. The first-order valence-electron chi connectivity index (χ1n) is 3.04. The number of phenols is 2. The molecule has 0 aliphatic heterocycles. The number of benzene rings is 1. The molecule has 0 aliphatic carbocycles. The van der Waals surface area contributed by atoms with Crippen LogP contribution in [0.2, 0.25) is 5.02 Å². The molecule has 5 heteroatoms. The van der Waals surface area contributed by atoms with Gasteiger partial charge in [-0.2, -0.15) is 0 Å². The van der Waals surface area contributed by atoms with Crippen LogP contribution in [-0.2, 0) is 0 Å². The number of hydrogen-bond acceptors (Lipinski definition) is 4. The van der Waals surface area contributed by atoms with Crippen LogP contribution in [0.3, 0.4) is 0 Å². The average Bonchev–Trinajstić information content (AvgIpc) is 2.06. The Kier molecular flexibility index (Phi) is 2.40. The molecule has 4 nitrogen and oxygen atoms in total. The minimum Gasteiger partial charge on any atom is -0.507 e.